The Balaban J connectivity index is 2.29. The summed E-state index contributed by atoms with van der Waals surface area (Å²) in [6, 6.07) is 3.94. The van der Waals surface area contributed by atoms with E-state index in [0.29, 0.717) is 12.1 Å². The molecule has 92 valence electrons. The zero-order valence-corrected chi connectivity index (χ0v) is 10.4. The molecule has 1 aromatic heterocycles. The fraction of sp³-hybridized carbons (Fsp3) is 0.462. The minimum atomic E-state index is -0.899. The van der Waals surface area contributed by atoms with E-state index in [9.17, 15) is 5.11 Å². The summed E-state index contributed by atoms with van der Waals surface area (Å²) in [5, 5.41) is 9.65. The fourth-order valence-corrected chi connectivity index (χ4v) is 1.98. The van der Waals surface area contributed by atoms with Crippen molar-refractivity contribution < 1.29 is 9.84 Å². The van der Waals surface area contributed by atoms with Gasteiger partial charge in [-0.3, -0.25) is 4.99 Å². The van der Waals surface area contributed by atoms with E-state index in [1.54, 1.807) is 0 Å². The SMILES string of the molecule is COC(O)C1=N/C(=C\c2ccc[nH]2)C(C)(C)C1. The smallest absolute Gasteiger partial charge is 0.194 e. The van der Waals surface area contributed by atoms with Crippen LogP contribution >= 0.6 is 0 Å². The summed E-state index contributed by atoms with van der Waals surface area (Å²) in [6.45, 7) is 4.22. The maximum absolute atomic E-state index is 9.65. The second-order valence-corrected chi connectivity index (χ2v) is 4.91. The summed E-state index contributed by atoms with van der Waals surface area (Å²) in [5.74, 6) is 0. The third-order valence-electron chi connectivity index (χ3n) is 3.00. The van der Waals surface area contributed by atoms with Crippen molar-refractivity contribution in [2.75, 3.05) is 7.11 Å². The van der Waals surface area contributed by atoms with Crippen LogP contribution in [0.15, 0.2) is 29.0 Å². The van der Waals surface area contributed by atoms with Crippen molar-refractivity contribution in [2.45, 2.75) is 26.6 Å². The summed E-state index contributed by atoms with van der Waals surface area (Å²) >= 11 is 0. The number of hydrogen-bond acceptors (Lipinski definition) is 3. The van der Waals surface area contributed by atoms with E-state index in [0.717, 1.165) is 11.4 Å². The van der Waals surface area contributed by atoms with Crippen LogP contribution in [0.3, 0.4) is 0 Å². The van der Waals surface area contributed by atoms with Crippen LogP contribution in [0.4, 0.5) is 0 Å². The number of allylic oxidation sites excluding steroid dienone is 1. The highest BCUT2D eigenvalue weighted by Crippen LogP contribution is 2.39. The van der Waals surface area contributed by atoms with Crippen LogP contribution < -0.4 is 0 Å². The Morgan fingerprint density at radius 3 is 2.94 bits per heavy atom. The lowest BCUT2D eigenvalue weighted by atomic mass is 9.86. The van der Waals surface area contributed by atoms with E-state index >= 15 is 0 Å². The van der Waals surface area contributed by atoms with Gasteiger partial charge in [0.05, 0.1) is 5.71 Å². The van der Waals surface area contributed by atoms with Crippen molar-refractivity contribution in [1.82, 2.24) is 4.98 Å². The summed E-state index contributed by atoms with van der Waals surface area (Å²) in [7, 11) is 1.48. The molecule has 2 rings (SSSR count). The van der Waals surface area contributed by atoms with Gasteiger partial charge in [-0.15, -0.1) is 0 Å². The number of H-pyrrole nitrogens is 1. The van der Waals surface area contributed by atoms with Crippen LogP contribution in [-0.2, 0) is 4.74 Å². The Labute approximate surface area is 101 Å². The highest BCUT2D eigenvalue weighted by Gasteiger charge is 2.34. The molecule has 1 aliphatic rings. The molecule has 1 atom stereocenters. The van der Waals surface area contributed by atoms with E-state index < -0.39 is 6.29 Å². The summed E-state index contributed by atoms with van der Waals surface area (Å²) in [5.41, 5.74) is 2.60. The predicted molar refractivity (Wildman–Crippen MR) is 67.6 cm³/mol. The minimum absolute atomic E-state index is 0.0695. The van der Waals surface area contributed by atoms with E-state index in [-0.39, 0.29) is 5.41 Å². The number of aromatic nitrogens is 1. The first-order chi connectivity index (χ1) is 8.03. The number of aliphatic hydroxyl groups excluding tert-OH is 1. The molecule has 1 aliphatic heterocycles. The average Bonchev–Trinajstić information content (AvgIpc) is 2.87. The van der Waals surface area contributed by atoms with E-state index in [1.807, 2.05) is 24.4 Å². The lowest BCUT2D eigenvalue weighted by molar-refractivity contribution is -0.0214. The molecular formula is C13H18N2O2. The van der Waals surface area contributed by atoms with Crippen LogP contribution in [-0.4, -0.2) is 29.2 Å². The molecule has 4 heteroatoms. The Kier molecular flexibility index (Phi) is 3.17. The van der Waals surface area contributed by atoms with E-state index in [4.69, 9.17) is 4.74 Å². The van der Waals surface area contributed by atoms with Crippen molar-refractivity contribution in [3.05, 3.63) is 29.7 Å². The number of hydrogen-bond donors (Lipinski definition) is 2. The van der Waals surface area contributed by atoms with Crippen molar-refractivity contribution in [2.24, 2.45) is 10.4 Å². The first-order valence-electron chi connectivity index (χ1n) is 5.67. The van der Waals surface area contributed by atoms with Gasteiger partial charge in [-0.1, -0.05) is 13.8 Å². The number of ether oxygens (including phenoxy) is 1. The van der Waals surface area contributed by atoms with Crippen LogP contribution in [0, 0.1) is 5.41 Å². The second-order valence-electron chi connectivity index (χ2n) is 4.91. The van der Waals surface area contributed by atoms with Gasteiger partial charge in [0, 0.05) is 36.5 Å². The van der Waals surface area contributed by atoms with Crippen molar-refractivity contribution in [3.8, 4) is 0 Å². The number of aliphatic imine (C=N–C) groups is 1. The molecule has 0 aromatic carbocycles. The van der Waals surface area contributed by atoms with E-state index in [1.165, 1.54) is 7.11 Å². The first-order valence-corrected chi connectivity index (χ1v) is 5.67. The molecule has 17 heavy (non-hydrogen) atoms. The molecule has 0 radical (unpaired) electrons. The predicted octanol–water partition coefficient (Wildman–Crippen LogP) is 2.19. The largest absolute Gasteiger partial charge is 0.363 e. The number of aliphatic hydroxyl groups is 1. The fourth-order valence-electron chi connectivity index (χ4n) is 1.98. The van der Waals surface area contributed by atoms with Crippen LogP contribution in [0.1, 0.15) is 26.0 Å². The summed E-state index contributed by atoms with van der Waals surface area (Å²) in [6.07, 6.45) is 3.70. The maximum atomic E-state index is 9.65. The lowest BCUT2D eigenvalue weighted by Gasteiger charge is -2.18. The molecule has 0 spiro atoms. The molecule has 0 saturated heterocycles. The summed E-state index contributed by atoms with van der Waals surface area (Å²) in [4.78, 5) is 7.59. The first kappa shape index (κ1) is 12.1. The second kappa shape index (κ2) is 4.47. The quantitative estimate of drug-likeness (QED) is 0.788. The summed E-state index contributed by atoms with van der Waals surface area (Å²) < 4.78 is 4.90. The molecule has 2 N–H and O–H groups in total. The van der Waals surface area contributed by atoms with Gasteiger partial charge in [0.25, 0.3) is 0 Å². The van der Waals surface area contributed by atoms with Gasteiger partial charge >= 0.3 is 0 Å². The highest BCUT2D eigenvalue weighted by atomic mass is 16.6. The van der Waals surface area contributed by atoms with Crippen LogP contribution in [0.25, 0.3) is 6.08 Å². The average molecular weight is 234 g/mol. The van der Waals surface area contributed by atoms with Crippen molar-refractivity contribution in [1.29, 1.82) is 0 Å². The van der Waals surface area contributed by atoms with Gasteiger partial charge < -0.3 is 14.8 Å². The van der Waals surface area contributed by atoms with Crippen molar-refractivity contribution >= 4 is 11.8 Å². The highest BCUT2D eigenvalue weighted by molar-refractivity contribution is 5.92. The minimum Gasteiger partial charge on any atom is -0.363 e. The van der Waals surface area contributed by atoms with Crippen LogP contribution in [0.2, 0.25) is 0 Å². The normalized spacial score (nSPS) is 22.8. The van der Waals surface area contributed by atoms with E-state index in [2.05, 4.69) is 23.8 Å². The molecule has 1 aromatic rings. The number of nitrogens with zero attached hydrogens (tertiary/aromatic N) is 1. The molecule has 1 unspecified atom stereocenters. The van der Waals surface area contributed by atoms with Gasteiger partial charge in [0.15, 0.2) is 6.29 Å². The van der Waals surface area contributed by atoms with Crippen molar-refractivity contribution in [3.63, 3.8) is 0 Å². The topological polar surface area (TPSA) is 57.6 Å². The van der Waals surface area contributed by atoms with Crippen LogP contribution in [0.5, 0.6) is 0 Å². The molecule has 2 heterocycles. The third kappa shape index (κ3) is 2.48. The van der Waals surface area contributed by atoms with Gasteiger partial charge in [-0.2, -0.15) is 0 Å². The van der Waals surface area contributed by atoms with Gasteiger partial charge in [-0.05, 0) is 18.2 Å². The number of nitrogens with one attached hydrogen (secondary N) is 1. The standard InChI is InChI=1S/C13H18N2O2/c1-13(2)8-10(12(16)17-3)15-11(13)7-9-5-4-6-14-9/h4-7,12,14,16H,8H2,1-3H3/b11-7-. The third-order valence-corrected chi connectivity index (χ3v) is 3.00. The zero-order valence-electron chi connectivity index (χ0n) is 10.4. The molecule has 0 fully saturated rings. The molecule has 0 aliphatic carbocycles. The zero-order chi connectivity index (χ0) is 12.5. The molecule has 0 bridgehead atoms. The molecule has 4 nitrogen and oxygen atoms in total. The van der Waals surface area contributed by atoms with Gasteiger partial charge in [0.2, 0.25) is 0 Å². The Morgan fingerprint density at radius 1 is 1.59 bits per heavy atom. The van der Waals surface area contributed by atoms with Gasteiger partial charge in [0.1, 0.15) is 0 Å². The molecule has 0 amide bonds. The maximum Gasteiger partial charge on any atom is 0.194 e. The van der Waals surface area contributed by atoms with Gasteiger partial charge in [-0.25, -0.2) is 0 Å². The Morgan fingerprint density at radius 2 is 2.35 bits per heavy atom. The Hall–Kier alpha value is -1.39. The Bertz CT molecular complexity index is 444. The molecule has 0 saturated carbocycles. The number of aromatic amines is 1. The lowest BCUT2D eigenvalue weighted by Crippen LogP contribution is -2.23. The number of rotatable bonds is 3. The molecular weight excluding hydrogens is 216 g/mol. The monoisotopic (exact) mass is 234 g/mol. The number of methoxy groups -OCH3 is 1.